The lowest BCUT2D eigenvalue weighted by Crippen LogP contribution is -2.67. The molecule has 2 unspecified atom stereocenters. The summed E-state index contributed by atoms with van der Waals surface area (Å²) in [5.41, 5.74) is 2.72. The summed E-state index contributed by atoms with van der Waals surface area (Å²) < 4.78 is 0. The van der Waals surface area contributed by atoms with Crippen LogP contribution in [0.5, 0.6) is 0 Å². The lowest BCUT2D eigenvalue weighted by molar-refractivity contribution is -0.0774. The van der Waals surface area contributed by atoms with Gasteiger partial charge in [0.05, 0.1) is 0 Å². The molecule has 3 saturated heterocycles. The van der Waals surface area contributed by atoms with Gasteiger partial charge in [-0.2, -0.15) is 0 Å². The number of pyridine rings is 1. The highest BCUT2D eigenvalue weighted by atomic mass is 35.5. The summed E-state index contributed by atoms with van der Waals surface area (Å²) in [5.74, 6) is 0. The van der Waals surface area contributed by atoms with Gasteiger partial charge in [-0.05, 0) is 41.8 Å². The number of hydrogen-bond acceptors (Lipinski definition) is 3. The third-order valence-corrected chi connectivity index (χ3v) is 5.11. The lowest BCUT2D eigenvalue weighted by atomic mass is 9.86. The fraction of sp³-hybridized carbons (Fsp3) is 0.389. The van der Waals surface area contributed by atoms with E-state index in [-0.39, 0.29) is 0 Å². The molecule has 2 bridgehead atoms. The highest BCUT2D eigenvalue weighted by Gasteiger charge is 2.43. The van der Waals surface area contributed by atoms with Gasteiger partial charge in [0.25, 0.3) is 0 Å². The summed E-state index contributed by atoms with van der Waals surface area (Å²) in [6, 6.07) is 13.9. The summed E-state index contributed by atoms with van der Waals surface area (Å²) in [5, 5.41) is 0.816. The highest BCUT2D eigenvalue weighted by molar-refractivity contribution is 6.30. The van der Waals surface area contributed by atoms with Crippen molar-refractivity contribution < 1.29 is 0 Å². The maximum atomic E-state index is 5.96. The Hall–Kier alpha value is -1.42. The average Bonchev–Trinajstić information content (AvgIpc) is 2.55. The number of aromatic nitrogens is 1. The van der Waals surface area contributed by atoms with E-state index in [1.54, 1.807) is 0 Å². The zero-order chi connectivity index (χ0) is 14.9. The number of piperazine rings is 1. The minimum Gasteiger partial charge on any atom is -0.296 e. The molecule has 2 aromatic rings. The molecule has 0 radical (unpaired) electrons. The van der Waals surface area contributed by atoms with Crippen LogP contribution in [0.1, 0.15) is 17.5 Å². The van der Waals surface area contributed by atoms with E-state index in [0.717, 1.165) is 18.1 Å². The van der Waals surface area contributed by atoms with Gasteiger partial charge < -0.3 is 0 Å². The molecule has 0 amide bonds. The molecule has 5 rings (SSSR count). The number of benzene rings is 1. The van der Waals surface area contributed by atoms with Crippen LogP contribution >= 0.6 is 11.6 Å². The van der Waals surface area contributed by atoms with E-state index in [1.807, 2.05) is 24.5 Å². The van der Waals surface area contributed by atoms with Crippen LogP contribution in [0.4, 0.5) is 0 Å². The van der Waals surface area contributed by atoms with Crippen molar-refractivity contribution in [3.05, 3.63) is 64.9 Å². The quantitative estimate of drug-likeness (QED) is 0.864. The monoisotopic (exact) mass is 313 g/mol. The van der Waals surface area contributed by atoms with E-state index in [4.69, 9.17) is 11.6 Å². The van der Waals surface area contributed by atoms with Crippen LogP contribution < -0.4 is 0 Å². The van der Waals surface area contributed by atoms with Crippen LogP contribution in [-0.4, -0.2) is 40.0 Å². The zero-order valence-electron chi connectivity index (χ0n) is 12.5. The van der Waals surface area contributed by atoms with Gasteiger partial charge in [0.2, 0.25) is 0 Å². The van der Waals surface area contributed by atoms with Gasteiger partial charge in [0.1, 0.15) is 0 Å². The maximum Gasteiger partial charge on any atom is 0.0406 e. The van der Waals surface area contributed by atoms with Gasteiger partial charge in [0.15, 0.2) is 0 Å². The molecule has 0 N–H and O–H groups in total. The molecule has 3 aliphatic rings. The van der Waals surface area contributed by atoms with Crippen molar-refractivity contribution in [3.63, 3.8) is 0 Å². The maximum absolute atomic E-state index is 5.96. The minimum absolute atomic E-state index is 0.705. The average molecular weight is 314 g/mol. The van der Waals surface area contributed by atoms with E-state index in [0.29, 0.717) is 12.1 Å². The lowest BCUT2D eigenvalue weighted by Gasteiger charge is -2.56. The Morgan fingerprint density at radius 2 is 1.55 bits per heavy atom. The molecule has 0 saturated carbocycles. The normalized spacial score (nSPS) is 25.0. The Balaban J connectivity index is 1.35. The predicted octanol–water partition coefficient (Wildman–Crippen LogP) is 3.19. The molecular formula is C18H20ClN3. The van der Waals surface area contributed by atoms with Crippen molar-refractivity contribution in [2.75, 3.05) is 13.1 Å². The molecule has 3 nitrogen and oxygen atoms in total. The predicted molar refractivity (Wildman–Crippen MR) is 88.7 cm³/mol. The topological polar surface area (TPSA) is 19.4 Å². The van der Waals surface area contributed by atoms with Gasteiger partial charge in [-0.1, -0.05) is 23.7 Å². The van der Waals surface area contributed by atoms with E-state index in [1.165, 1.54) is 30.6 Å². The first kappa shape index (κ1) is 14.2. The van der Waals surface area contributed by atoms with Crippen molar-refractivity contribution in [2.24, 2.45) is 0 Å². The first-order chi connectivity index (χ1) is 10.8. The van der Waals surface area contributed by atoms with Crippen molar-refractivity contribution in [2.45, 2.75) is 31.6 Å². The van der Waals surface area contributed by atoms with Crippen LogP contribution in [0, 0.1) is 0 Å². The van der Waals surface area contributed by atoms with E-state index in [9.17, 15) is 0 Å². The number of halogens is 1. The van der Waals surface area contributed by atoms with Gasteiger partial charge in [0, 0.05) is 55.7 Å². The Bertz CT molecular complexity index is 617. The van der Waals surface area contributed by atoms with Crippen LogP contribution in [-0.2, 0) is 13.1 Å². The second-order valence-corrected chi connectivity index (χ2v) is 6.83. The number of nitrogens with zero attached hydrogens (tertiary/aromatic N) is 3. The SMILES string of the molecule is Clc1ccc(CN2C3CC2CN(Cc2ccncc2)C3)cc1. The Morgan fingerprint density at radius 3 is 2.23 bits per heavy atom. The number of hydrogen-bond donors (Lipinski definition) is 0. The molecule has 3 aliphatic heterocycles. The summed E-state index contributed by atoms with van der Waals surface area (Å²) in [4.78, 5) is 9.31. The first-order valence-electron chi connectivity index (χ1n) is 7.89. The fourth-order valence-electron chi connectivity index (χ4n) is 3.71. The number of piperidine rings is 1. The molecule has 2 atom stereocenters. The minimum atomic E-state index is 0.705. The summed E-state index contributed by atoms with van der Waals surface area (Å²) in [7, 11) is 0. The molecular weight excluding hydrogens is 294 g/mol. The Kier molecular flexibility index (Phi) is 3.87. The van der Waals surface area contributed by atoms with Crippen molar-refractivity contribution in [3.8, 4) is 0 Å². The van der Waals surface area contributed by atoms with Gasteiger partial charge >= 0.3 is 0 Å². The van der Waals surface area contributed by atoms with Crippen LogP contribution in [0.3, 0.4) is 0 Å². The van der Waals surface area contributed by atoms with Gasteiger partial charge in [-0.25, -0.2) is 0 Å². The van der Waals surface area contributed by atoms with Crippen molar-refractivity contribution in [1.82, 2.24) is 14.8 Å². The third-order valence-electron chi connectivity index (χ3n) is 4.85. The van der Waals surface area contributed by atoms with E-state index in [2.05, 4.69) is 39.0 Å². The molecule has 3 fully saturated rings. The molecule has 114 valence electrons. The largest absolute Gasteiger partial charge is 0.296 e. The van der Waals surface area contributed by atoms with Crippen LogP contribution in [0.2, 0.25) is 5.02 Å². The summed E-state index contributed by atoms with van der Waals surface area (Å²) >= 11 is 5.96. The number of rotatable bonds is 4. The standard InChI is InChI=1S/C18H20ClN3/c19-16-3-1-14(2-4-16)11-22-17-9-18(22)13-21(12-17)10-15-5-7-20-8-6-15/h1-8,17-18H,9-13H2. The second-order valence-electron chi connectivity index (χ2n) is 6.39. The Labute approximate surface area is 136 Å². The highest BCUT2D eigenvalue weighted by Crippen LogP contribution is 2.34. The van der Waals surface area contributed by atoms with Crippen molar-refractivity contribution in [1.29, 1.82) is 0 Å². The molecule has 1 aromatic carbocycles. The molecule has 0 aliphatic carbocycles. The first-order valence-corrected chi connectivity index (χ1v) is 8.27. The fourth-order valence-corrected chi connectivity index (χ4v) is 3.83. The molecule has 22 heavy (non-hydrogen) atoms. The van der Waals surface area contributed by atoms with Gasteiger partial charge in [-0.15, -0.1) is 0 Å². The molecule has 4 heteroatoms. The third kappa shape index (κ3) is 2.89. The van der Waals surface area contributed by atoms with E-state index >= 15 is 0 Å². The molecule has 0 spiro atoms. The van der Waals surface area contributed by atoms with Gasteiger partial charge in [-0.3, -0.25) is 14.8 Å². The summed E-state index contributed by atoms with van der Waals surface area (Å²) in [6.45, 7) is 4.44. The Morgan fingerprint density at radius 1 is 0.909 bits per heavy atom. The van der Waals surface area contributed by atoms with E-state index < -0.39 is 0 Å². The molecule has 4 heterocycles. The van der Waals surface area contributed by atoms with Crippen molar-refractivity contribution >= 4 is 11.6 Å². The summed E-state index contributed by atoms with van der Waals surface area (Å²) in [6.07, 6.45) is 5.11. The van der Waals surface area contributed by atoms with Crippen LogP contribution in [0.15, 0.2) is 48.8 Å². The molecule has 1 aromatic heterocycles. The zero-order valence-corrected chi connectivity index (χ0v) is 13.3. The number of fused-ring (bicyclic) bond motifs is 2. The van der Waals surface area contributed by atoms with Crippen LogP contribution in [0.25, 0.3) is 0 Å². The smallest absolute Gasteiger partial charge is 0.0406 e. The second kappa shape index (κ2) is 5.99.